The van der Waals surface area contributed by atoms with E-state index in [1.165, 1.54) is 20.1 Å². The van der Waals surface area contributed by atoms with Gasteiger partial charge >= 0.3 is 147 Å². The third kappa shape index (κ3) is 3.25. The smallest absolute Gasteiger partial charge is 1.00 e. The van der Waals surface area contributed by atoms with Gasteiger partial charge in [0.25, 0.3) is 0 Å². The van der Waals surface area contributed by atoms with Crippen molar-refractivity contribution in [2.24, 2.45) is 23.7 Å². The molecule has 0 aromatic rings. The maximum Gasteiger partial charge on any atom is -1.00 e. The number of rotatable bonds is 2. The van der Waals surface area contributed by atoms with Gasteiger partial charge in [0.15, 0.2) is 0 Å². The molecular formula is C22H30Cl2Zr. The van der Waals surface area contributed by atoms with Crippen molar-refractivity contribution in [3.05, 3.63) is 48.6 Å². The summed E-state index contributed by atoms with van der Waals surface area (Å²) in [5, 5.41) is 0. The van der Waals surface area contributed by atoms with Gasteiger partial charge in [-0.15, -0.1) is 0 Å². The molecule has 3 heteroatoms. The van der Waals surface area contributed by atoms with Crippen LogP contribution in [-0.2, 0) is 20.3 Å². The molecule has 0 amide bonds. The van der Waals surface area contributed by atoms with Crippen LogP contribution in [0.4, 0.5) is 0 Å². The van der Waals surface area contributed by atoms with E-state index < -0.39 is 20.3 Å². The third-order valence-corrected chi connectivity index (χ3v) is 25.0. The Hall–Kier alpha value is 0.423. The molecule has 2 saturated carbocycles. The predicted octanol–water partition coefficient (Wildman–Crippen LogP) is 0.660. The van der Waals surface area contributed by atoms with Crippen LogP contribution < -0.4 is 24.8 Å². The SMILES string of the molecule is C1=CC2CC[CH]([Zr+2]3([CH]4CCC5C=CC=CC54)[CH2]CC[CH2]3)C2C=C1.[Cl-].[Cl-]. The second-order valence-electron chi connectivity index (χ2n) is 8.83. The van der Waals surface area contributed by atoms with Crippen molar-refractivity contribution in [2.75, 3.05) is 0 Å². The molecule has 0 radical (unpaired) electrons. The number of allylic oxidation sites excluding steroid dienone is 8. The fourth-order valence-electron chi connectivity index (χ4n) is 7.30. The van der Waals surface area contributed by atoms with Crippen molar-refractivity contribution in [3.8, 4) is 0 Å². The molecule has 0 nitrogen and oxygen atoms in total. The Morgan fingerprint density at radius 1 is 0.560 bits per heavy atom. The number of hydrogen-bond donors (Lipinski definition) is 0. The monoisotopic (exact) mass is 454 g/mol. The summed E-state index contributed by atoms with van der Waals surface area (Å²) in [6.45, 7) is 0. The number of fused-ring (bicyclic) bond motifs is 2. The summed E-state index contributed by atoms with van der Waals surface area (Å²) in [5.74, 6) is 3.68. The summed E-state index contributed by atoms with van der Waals surface area (Å²) < 4.78 is 5.79. The second kappa shape index (κ2) is 8.20. The molecule has 4 aliphatic carbocycles. The van der Waals surface area contributed by atoms with Gasteiger partial charge in [-0.3, -0.25) is 0 Å². The normalized spacial score (nSPS) is 41.3. The first-order chi connectivity index (χ1) is 11.4. The Bertz CT molecular complexity index is 539. The Morgan fingerprint density at radius 3 is 1.48 bits per heavy atom. The molecule has 0 spiro atoms. The maximum atomic E-state index is 2.63. The molecule has 136 valence electrons. The van der Waals surface area contributed by atoms with Gasteiger partial charge in [-0.25, -0.2) is 0 Å². The molecule has 0 bridgehead atoms. The molecule has 0 aromatic carbocycles. The van der Waals surface area contributed by atoms with Crippen LogP contribution in [0.25, 0.3) is 0 Å². The molecule has 1 heterocycles. The van der Waals surface area contributed by atoms with Crippen molar-refractivity contribution in [3.63, 3.8) is 0 Å². The molecule has 5 rings (SSSR count). The molecule has 1 saturated heterocycles. The van der Waals surface area contributed by atoms with Crippen LogP contribution in [-0.4, -0.2) is 0 Å². The molecular weight excluding hydrogens is 426 g/mol. The number of halogens is 2. The molecule has 6 unspecified atom stereocenters. The predicted molar refractivity (Wildman–Crippen MR) is 95.3 cm³/mol. The van der Waals surface area contributed by atoms with Crippen molar-refractivity contribution < 1.29 is 45.1 Å². The topological polar surface area (TPSA) is 0 Å². The summed E-state index contributed by atoms with van der Waals surface area (Å²) in [6, 6.07) is 0. The summed E-state index contributed by atoms with van der Waals surface area (Å²) in [4.78, 5) is 0. The van der Waals surface area contributed by atoms with Gasteiger partial charge in [0, 0.05) is 0 Å². The van der Waals surface area contributed by atoms with Crippen LogP contribution in [0, 0.1) is 23.7 Å². The standard InChI is InChI=1S/2C9H11.C4H8.2ClH.Zr/c2*1-2-5-9-7-3-6-8(9)4-1;1-3-4-2;;;/h2*1-2,4-6,8-9H,3,7H2;1-4H2;2*1H;/q;;;;;+2/p-2. The molecule has 0 aromatic heterocycles. The Kier molecular flexibility index (Phi) is 6.61. The third-order valence-electron chi connectivity index (χ3n) is 8.16. The van der Waals surface area contributed by atoms with Crippen LogP contribution in [0.5, 0.6) is 0 Å². The van der Waals surface area contributed by atoms with Gasteiger partial charge < -0.3 is 24.8 Å². The van der Waals surface area contributed by atoms with E-state index in [4.69, 9.17) is 0 Å². The van der Waals surface area contributed by atoms with Crippen molar-refractivity contribution in [2.45, 2.75) is 54.0 Å². The average Bonchev–Trinajstić information content (AvgIpc) is 3.32. The fraction of sp³-hybridized carbons (Fsp3) is 0.636. The minimum atomic E-state index is -2.08. The molecule has 0 N–H and O–H groups in total. The second-order valence-corrected chi connectivity index (χ2v) is 21.0. The summed E-state index contributed by atoms with van der Waals surface area (Å²) >= 11 is -2.08. The van der Waals surface area contributed by atoms with E-state index >= 15 is 0 Å². The van der Waals surface area contributed by atoms with Gasteiger partial charge in [-0.05, 0) is 0 Å². The van der Waals surface area contributed by atoms with E-state index in [1.807, 2.05) is 0 Å². The zero-order chi connectivity index (χ0) is 15.3. The molecule has 1 aliphatic heterocycles. The van der Waals surface area contributed by atoms with E-state index in [-0.39, 0.29) is 24.8 Å². The van der Waals surface area contributed by atoms with E-state index in [0.717, 1.165) is 23.7 Å². The van der Waals surface area contributed by atoms with Crippen molar-refractivity contribution in [1.82, 2.24) is 0 Å². The zero-order valence-electron chi connectivity index (χ0n) is 15.0. The first-order valence-electron chi connectivity index (χ1n) is 10.1. The van der Waals surface area contributed by atoms with Gasteiger partial charge in [-0.1, -0.05) is 0 Å². The molecule has 3 fully saturated rings. The van der Waals surface area contributed by atoms with Crippen LogP contribution in [0.15, 0.2) is 48.6 Å². The van der Waals surface area contributed by atoms with E-state index in [9.17, 15) is 0 Å². The van der Waals surface area contributed by atoms with E-state index in [2.05, 4.69) is 48.6 Å². The maximum absolute atomic E-state index is 2.63. The van der Waals surface area contributed by atoms with Crippen LogP contribution in [0.2, 0.25) is 15.5 Å². The van der Waals surface area contributed by atoms with Gasteiger partial charge in [0.1, 0.15) is 0 Å². The Balaban J connectivity index is 0.000000911. The van der Waals surface area contributed by atoms with E-state index in [1.54, 1.807) is 33.9 Å². The van der Waals surface area contributed by atoms with Gasteiger partial charge in [-0.2, -0.15) is 0 Å². The minimum Gasteiger partial charge on any atom is -1.00 e. The quantitative estimate of drug-likeness (QED) is 0.573. The number of hydrogen-bond acceptors (Lipinski definition) is 0. The largest absolute Gasteiger partial charge is 1.00 e. The first kappa shape index (κ1) is 20.2. The average molecular weight is 457 g/mol. The van der Waals surface area contributed by atoms with Crippen LogP contribution in [0.1, 0.15) is 38.5 Å². The van der Waals surface area contributed by atoms with Gasteiger partial charge in [0.05, 0.1) is 0 Å². The van der Waals surface area contributed by atoms with Crippen LogP contribution in [0.3, 0.4) is 0 Å². The molecule has 6 atom stereocenters. The van der Waals surface area contributed by atoms with Gasteiger partial charge in [0.2, 0.25) is 0 Å². The minimum absolute atomic E-state index is 0. The summed E-state index contributed by atoms with van der Waals surface area (Å²) in [7, 11) is 0. The van der Waals surface area contributed by atoms with Crippen LogP contribution >= 0.6 is 0 Å². The Morgan fingerprint density at radius 2 is 1.00 bits per heavy atom. The zero-order valence-corrected chi connectivity index (χ0v) is 19.0. The Labute approximate surface area is 170 Å². The summed E-state index contributed by atoms with van der Waals surface area (Å²) in [6.07, 6.45) is 29.0. The fourth-order valence-corrected chi connectivity index (χ4v) is 26.6. The van der Waals surface area contributed by atoms with Crippen molar-refractivity contribution in [1.29, 1.82) is 0 Å². The first-order valence-corrected chi connectivity index (χ1v) is 16.4. The summed E-state index contributed by atoms with van der Waals surface area (Å²) in [5.41, 5.74) is 0. The molecule has 25 heavy (non-hydrogen) atoms. The van der Waals surface area contributed by atoms with Crippen molar-refractivity contribution >= 4 is 0 Å². The molecule has 5 aliphatic rings. The van der Waals surface area contributed by atoms with E-state index in [0.29, 0.717) is 0 Å².